The fourth-order valence-corrected chi connectivity index (χ4v) is 3.28. The molecule has 0 atom stereocenters. The van der Waals surface area contributed by atoms with Crippen molar-refractivity contribution in [1.29, 1.82) is 0 Å². The summed E-state index contributed by atoms with van der Waals surface area (Å²) in [5, 5.41) is 5.84. The molecular weight excluding hydrogens is 381 g/mol. The van der Waals surface area contributed by atoms with Gasteiger partial charge in [0.15, 0.2) is 0 Å². The Morgan fingerprint density at radius 2 is 1.71 bits per heavy atom. The van der Waals surface area contributed by atoms with Gasteiger partial charge in [-0.05, 0) is 68.3 Å². The molecule has 1 aliphatic rings. The number of carbonyl (C=O) groups excluding carboxylic acids is 2. The Balaban J connectivity index is 0.00000280. The van der Waals surface area contributed by atoms with E-state index in [2.05, 4.69) is 10.6 Å². The molecule has 2 amide bonds. The summed E-state index contributed by atoms with van der Waals surface area (Å²) in [6.45, 7) is 6.47. The molecule has 28 heavy (non-hydrogen) atoms. The molecule has 2 aromatic carbocycles. The summed E-state index contributed by atoms with van der Waals surface area (Å²) in [4.78, 5) is 26.5. The predicted octanol–water partition coefficient (Wildman–Crippen LogP) is 3.63. The summed E-state index contributed by atoms with van der Waals surface area (Å²) < 4.78 is 14.7. The lowest BCUT2D eigenvalue weighted by Crippen LogP contribution is -2.30. The van der Waals surface area contributed by atoms with Crippen molar-refractivity contribution in [2.75, 3.05) is 25.0 Å². The first kappa shape index (κ1) is 21.9. The molecular formula is C21H25ClFN3O2. The predicted molar refractivity (Wildman–Crippen MR) is 111 cm³/mol. The third-order valence-electron chi connectivity index (χ3n) is 4.90. The Morgan fingerprint density at radius 3 is 2.36 bits per heavy atom. The van der Waals surface area contributed by atoms with E-state index >= 15 is 0 Å². The highest BCUT2D eigenvalue weighted by Gasteiger charge is 2.18. The van der Waals surface area contributed by atoms with E-state index in [1.54, 1.807) is 35.2 Å². The van der Waals surface area contributed by atoms with Crippen LogP contribution in [-0.2, 0) is 13.0 Å². The highest BCUT2D eigenvalue weighted by atomic mass is 35.5. The van der Waals surface area contributed by atoms with Gasteiger partial charge in [0.1, 0.15) is 5.82 Å². The molecule has 0 radical (unpaired) electrons. The minimum atomic E-state index is -0.398. The number of anilines is 1. The number of benzene rings is 2. The lowest BCUT2D eigenvalue weighted by Gasteiger charge is -2.19. The zero-order valence-corrected chi connectivity index (χ0v) is 16.9. The molecule has 3 rings (SSSR count). The molecule has 0 aromatic heterocycles. The average molecular weight is 406 g/mol. The lowest BCUT2D eigenvalue weighted by molar-refractivity contribution is 0.0772. The molecule has 7 heteroatoms. The maximum absolute atomic E-state index is 14.7. The summed E-state index contributed by atoms with van der Waals surface area (Å²) in [5.41, 5.74) is 2.68. The van der Waals surface area contributed by atoms with Gasteiger partial charge in [-0.2, -0.15) is 0 Å². The zero-order chi connectivity index (χ0) is 19.4. The number of nitrogens with one attached hydrogen (secondary N) is 2. The number of rotatable bonds is 5. The second kappa shape index (κ2) is 9.66. The summed E-state index contributed by atoms with van der Waals surface area (Å²) in [7, 11) is 0. The van der Waals surface area contributed by atoms with Crippen LogP contribution in [0.4, 0.5) is 10.1 Å². The minimum Gasteiger partial charge on any atom is -0.339 e. The van der Waals surface area contributed by atoms with E-state index in [-0.39, 0.29) is 29.8 Å². The zero-order valence-electron chi connectivity index (χ0n) is 16.0. The summed E-state index contributed by atoms with van der Waals surface area (Å²) in [5.74, 6) is -0.832. The second-order valence-corrected chi connectivity index (χ2v) is 6.50. The van der Waals surface area contributed by atoms with Gasteiger partial charge in [0.2, 0.25) is 0 Å². The van der Waals surface area contributed by atoms with Gasteiger partial charge in [-0.25, -0.2) is 4.39 Å². The van der Waals surface area contributed by atoms with Crippen molar-refractivity contribution in [3.8, 4) is 0 Å². The fourth-order valence-electron chi connectivity index (χ4n) is 3.28. The van der Waals surface area contributed by atoms with Gasteiger partial charge < -0.3 is 15.5 Å². The van der Waals surface area contributed by atoms with Crippen LogP contribution in [0.2, 0.25) is 0 Å². The molecule has 0 fully saturated rings. The Kier molecular flexibility index (Phi) is 7.54. The maximum Gasteiger partial charge on any atom is 0.255 e. The van der Waals surface area contributed by atoms with E-state index in [0.717, 1.165) is 12.1 Å². The molecule has 0 spiro atoms. The SMILES string of the molecule is CCN(CC)C(=O)c1ccc(C(=O)Nc2ccc3c(c2F)CCNC3)cc1.Cl. The number of carbonyl (C=O) groups is 2. The van der Waals surface area contributed by atoms with Gasteiger partial charge in [-0.3, -0.25) is 9.59 Å². The number of hydrogen-bond acceptors (Lipinski definition) is 3. The molecule has 0 bridgehead atoms. The van der Waals surface area contributed by atoms with Crippen molar-refractivity contribution in [1.82, 2.24) is 10.2 Å². The van der Waals surface area contributed by atoms with Crippen molar-refractivity contribution in [2.24, 2.45) is 0 Å². The molecule has 0 aliphatic carbocycles. The number of hydrogen-bond donors (Lipinski definition) is 2. The molecule has 2 N–H and O–H groups in total. The van der Waals surface area contributed by atoms with E-state index in [1.165, 1.54) is 0 Å². The van der Waals surface area contributed by atoms with E-state index in [4.69, 9.17) is 0 Å². The van der Waals surface area contributed by atoms with Crippen LogP contribution in [0.1, 0.15) is 45.7 Å². The lowest BCUT2D eigenvalue weighted by atomic mass is 9.99. The van der Waals surface area contributed by atoms with Gasteiger partial charge in [-0.15, -0.1) is 12.4 Å². The van der Waals surface area contributed by atoms with E-state index < -0.39 is 5.91 Å². The first-order valence-electron chi connectivity index (χ1n) is 9.26. The van der Waals surface area contributed by atoms with Crippen molar-refractivity contribution in [2.45, 2.75) is 26.8 Å². The number of fused-ring (bicyclic) bond motifs is 1. The van der Waals surface area contributed by atoms with Gasteiger partial charge in [0, 0.05) is 30.8 Å². The first-order chi connectivity index (χ1) is 13.0. The summed E-state index contributed by atoms with van der Waals surface area (Å²) in [6, 6.07) is 9.87. The molecule has 2 aromatic rings. The Labute approximate surface area is 170 Å². The van der Waals surface area contributed by atoms with Gasteiger partial charge >= 0.3 is 0 Å². The van der Waals surface area contributed by atoms with Gasteiger partial charge in [0.25, 0.3) is 11.8 Å². The molecule has 0 saturated carbocycles. The van der Waals surface area contributed by atoms with Crippen LogP contribution in [0.25, 0.3) is 0 Å². The van der Waals surface area contributed by atoms with Gasteiger partial charge in [-0.1, -0.05) is 6.07 Å². The molecule has 0 unspecified atom stereocenters. The second-order valence-electron chi connectivity index (χ2n) is 6.50. The highest BCUT2D eigenvalue weighted by Crippen LogP contribution is 2.25. The number of amides is 2. The topological polar surface area (TPSA) is 61.4 Å². The van der Waals surface area contributed by atoms with Gasteiger partial charge in [0.05, 0.1) is 5.69 Å². The quantitative estimate of drug-likeness (QED) is 0.798. The Bertz CT molecular complexity index is 851. The third-order valence-corrected chi connectivity index (χ3v) is 4.90. The number of nitrogens with zero attached hydrogens (tertiary/aromatic N) is 1. The van der Waals surface area contributed by atoms with Crippen molar-refractivity contribution in [3.05, 3.63) is 64.5 Å². The monoisotopic (exact) mass is 405 g/mol. The van der Waals surface area contributed by atoms with E-state index in [9.17, 15) is 14.0 Å². The average Bonchev–Trinajstić information content (AvgIpc) is 2.71. The van der Waals surface area contributed by atoms with E-state index in [0.29, 0.717) is 42.7 Å². The molecule has 0 saturated heterocycles. The fraction of sp³-hybridized carbons (Fsp3) is 0.333. The molecule has 1 aliphatic heterocycles. The Morgan fingerprint density at radius 1 is 1.07 bits per heavy atom. The largest absolute Gasteiger partial charge is 0.339 e. The molecule has 5 nitrogen and oxygen atoms in total. The number of halogens is 2. The van der Waals surface area contributed by atoms with Crippen molar-refractivity contribution in [3.63, 3.8) is 0 Å². The standard InChI is InChI=1S/C21H24FN3O2.ClH/c1-3-25(4-2)21(27)15-7-5-14(6-8-15)20(26)24-18-10-9-16-13-23-12-11-17(16)19(18)22;/h5-10,23H,3-4,11-13H2,1-2H3,(H,24,26);1H. The van der Waals surface area contributed by atoms with Crippen LogP contribution >= 0.6 is 12.4 Å². The smallest absolute Gasteiger partial charge is 0.255 e. The maximum atomic E-state index is 14.7. The van der Waals surface area contributed by atoms with Crippen LogP contribution < -0.4 is 10.6 Å². The van der Waals surface area contributed by atoms with Crippen LogP contribution in [0.5, 0.6) is 0 Å². The minimum absolute atomic E-state index is 0. The van der Waals surface area contributed by atoms with Crippen molar-refractivity contribution < 1.29 is 14.0 Å². The van der Waals surface area contributed by atoms with Crippen LogP contribution in [0.3, 0.4) is 0 Å². The van der Waals surface area contributed by atoms with Crippen molar-refractivity contribution >= 4 is 29.9 Å². The summed E-state index contributed by atoms with van der Waals surface area (Å²) in [6.07, 6.45) is 0.604. The Hall–Kier alpha value is -2.44. The summed E-state index contributed by atoms with van der Waals surface area (Å²) >= 11 is 0. The highest BCUT2D eigenvalue weighted by molar-refractivity contribution is 6.05. The third kappa shape index (κ3) is 4.51. The normalized spacial score (nSPS) is 12.5. The van der Waals surface area contributed by atoms with Crippen LogP contribution in [0, 0.1) is 5.82 Å². The first-order valence-corrected chi connectivity index (χ1v) is 9.26. The van der Waals surface area contributed by atoms with E-state index in [1.807, 2.05) is 19.9 Å². The van der Waals surface area contributed by atoms with Crippen LogP contribution in [0.15, 0.2) is 36.4 Å². The molecule has 150 valence electrons. The van der Waals surface area contributed by atoms with Crippen LogP contribution in [-0.4, -0.2) is 36.3 Å². The molecule has 1 heterocycles.